The zero-order chi connectivity index (χ0) is 15.4. The number of nitrogens with zero attached hydrogens (tertiary/aromatic N) is 3. The third kappa shape index (κ3) is 3.40. The third-order valence-corrected chi connectivity index (χ3v) is 2.97. The summed E-state index contributed by atoms with van der Waals surface area (Å²) >= 11 is 3.15. The molecule has 0 atom stereocenters. The van der Waals surface area contributed by atoms with Gasteiger partial charge in [0.15, 0.2) is 0 Å². The highest BCUT2D eigenvalue weighted by atomic mass is 79.9. The first-order valence-corrected chi connectivity index (χ1v) is 6.43. The van der Waals surface area contributed by atoms with Crippen LogP contribution in [0, 0.1) is 21.4 Å². The predicted octanol–water partition coefficient (Wildman–Crippen LogP) is 2.88. The van der Waals surface area contributed by atoms with Gasteiger partial charge in [0.25, 0.3) is 11.6 Å². The van der Waals surface area contributed by atoms with Gasteiger partial charge in [-0.25, -0.2) is 4.98 Å². The van der Waals surface area contributed by atoms with Crippen LogP contribution >= 0.6 is 15.9 Å². The smallest absolute Gasteiger partial charge is 0.274 e. The number of nitriles is 1. The summed E-state index contributed by atoms with van der Waals surface area (Å²) in [6, 6.07) is 10.3. The van der Waals surface area contributed by atoms with Gasteiger partial charge in [-0.3, -0.25) is 14.9 Å². The van der Waals surface area contributed by atoms with E-state index in [4.69, 9.17) is 5.26 Å². The van der Waals surface area contributed by atoms with E-state index in [0.717, 1.165) is 6.07 Å². The molecule has 1 N–H and O–H groups in total. The number of nitro benzene ring substituents is 1. The van der Waals surface area contributed by atoms with Crippen molar-refractivity contribution < 1.29 is 9.72 Å². The van der Waals surface area contributed by atoms with Crippen LogP contribution < -0.4 is 5.32 Å². The Morgan fingerprint density at radius 3 is 2.76 bits per heavy atom. The molecule has 2 rings (SSSR count). The van der Waals surface area contributed by atoms with Gasteiger partial charge < -0.3 is 5.32 Å². The fraction of sp³-hybridized carbons (Fsp3) is 0. The first-order chi connectivity index (χ1) is 10.0. The van der Waals surface area contributed by atoms with Gasteiger partial charge in [0.1, 0.15) is 16.4 Å². The molecule has 0 aliphatic heterocycles. The Bertz CT molecular complexity index is 770. The van der Waals surface area contributed by atoms with Gasteiger partial charge in [-0.15, -0.1) is 0 Å². The van der Waals surface area contributed by atoms with E-state index >= 15 is 0 Å². The standard InChI is InChI=1S/C13H7BrN4O3/c14-12-3-1-2-11(16-12)13(19)17-10-5-4-9(18(20)21)6-8(10)7-15/h1-6H,(H,17,19). The van der Waals surface area contributed by atoms with Gasteiger partial charge in [-0.1, -0.05) is 6.07 Å². The summed E-state index contributed by atoms with van der Waals surface area (Å²) in [5, 5.41) is 22.2. The molecule has 21 heavy (non-hydrogen) atoms. The largest absolute Gasteiger partial charge is 0.319 e. The van der Waals surface area contributed by atoms with Crippen molar-refractivity contribution in [3.05, 3.63) is 62.4 Å². The van der Waals surface area contributed by atoms with Gasteiger partial charge in [0.05, 0.1) is 16.2 Å². The predicted molar refractivity (Wildman–Crippen MR) is 77.7 cm³/mol. The molecule has 104 valence electrons. The van der Waals surface area contributed by atoms with Crippen LogP contribution in [0.1, 0.15) is 16.1 Å². The number of carbonyl (C=O) groups is 1. The second-order valence-corrected chi connectivity index (χ2v) is 4.71. The van der Waals surface area contributed by atoms with E-state index in [0.29, 0.717) is 4.60 Å². The lowest BCUT2D eigenvalue weighted by atomic mass is 10.1. The SMILES string of the molecule is N#Cc1cc([N+](=O)[O-])ccc1NC(=O)c1cccc(Br)n1. The van der Waals surface area contributed by atoms with Crippen LogP contribution in [0.25, 0.3) is 0 Å². The van der Waals surface area contributed by atoms with Gasteiger partial charge in [-0.05, 0) is 34.1 Å². The zero-order valence-electron chi connectivity index (χ0n) is 10.4. The molecule has 1 heterocycles. The lowest BCUT2D eigenvalue weighted by Gasteiger charge is -2.06. The Kier molecular flexibility index (Phi) is 4.25. The minimum atomic E-state index is -0.609. The normalized spacial score (nSPS) is 9.71. The van der Waals surface area contributed by atoms with Crippen molar-refractivity contribution in [2.45, 2.75) is 0 Å². The number of anilines is 1. The van der Waals surface area contributed by atoms with Gasteiger partial charge >= 0.3 is 0 Å². The Hall–Kier alpha value is -2.79. The number of non-ortho nitro benzene ring substituents is 1. The molecule has 0 saturated heterocycles. The highest BCUT2D eigenvalue weighted by Crippen LogP contribution is 2.22. The molecule has 2 aromatic rings. The summed E-state index contributed by atoms with van der Waals surface area (Å²) < 4.78 is 0.499. The van der Waals surface area contributed by atoms with Crippen LogP contribution in [-0.4, -0.2) is 15.8 Å². The molecule has 0 radical (unpaired) electrons. The number of amides is 1. The molecule has 1 amide bonds. The third-order valence-electron chi connectivity index (χ3n) is 2.53. The maximum Gasteiger partial charge on any atom is 0.274 e. The summed E-state index contributed by atoms with van der Waals surface area (Å²) in [6.07, 6.45) is 0. The maximum absolute atomic E-state index is 12.0. The summed E-state index contributed by atoms with van der Waals surface area (Å²) in [6.45, 7) is 0. The maximum atomic E-state index is 12.0. The molecule has 0 bridgehead atoms. The number of nitrogens with one attached hydrogen (secondary N) is 1. The Labute approximate surface area is 127 Å². The van der Waals surface area contributed by atoms with E-state index < -0.39 is 10.8 Å². The van der Waals surface area contributed by atoms with Crippen molar-refractivity contribution in [1.82, 2.24) is 4.98 Å². The molecule has 1 aromatic carbocycles. The first kappa shape index (κ1) is 14.6. The molecule has 0 spiro atoms. The van der Waals surface area contributed by atoms with E-state index in [1.54, 1.807) is 12.1 Å². The number of rotatable bonds is 3. The molecular weight excluding hydrogens is 340 g/mol. The number of hydrogen-bond donors (Lipinski definition) is 1. The van der Waals surface area contributed by atoms with E-state index in [1.165, 1.54) is 18.2 Å². The summed E-state index contributed by atoms with van der Waals surface area (Å²) in [5.41, 5.74) is 0.138. The minimum Gasteiger partial charge on any atom is -0.319 e. The lowest BCUT2D eigenvalue weighted by molar-refractivity contribution is -0.384. The Morgan fingerprint density at radius 1 is 1.38 bits per heavy atom. The quantitative estimate of drug-likeness (QED) is 0.522. The topological polar surface area (TPSA) is 109 Å². The highest BCUT2D eigenvalue weighted by Gasteiger charge is 2.14. The minimum absolute atomic E-state index is 0.00699. The fourth-order valence-corrected chi connectivity index (χ4v) is 1.91. The molecule has 0 aliphatic rings. The molecule has 8 heteroatoms. The zero-order valence-corrected chi connectivity index (χ0v) is 12.0. The molecule has 7 nitrogen and oxygen atoms in total. The van der Waals surface area contributed by atoms with E-state index in [-0.39, 0.29) is 22.6 Å². The van der Waals surface area contributed by atoms with E-state index in [2.05, 4.69) is 26.2 Å². The van der Waals surface area contributed by atoms with Crippen molar-refractivity contribution in [3.63, 3.8) is 0 Å². The number of pyridine rings is 1. The summed E-state index contributed by atoms with van der Waals surface area (Å²) in [4.78, 5) is 26.0. The van der Waals surface area contributed by atoms with Gasteiger partial charge in [0.2, 0.25) is 0 Å². The number of aromatic nitrogens is 1. The summed E-state index contributed by atoms with van der Waals surface area (Å²) in [7, 11) is 0. The molecule has 0 fully saturated rings. The summed E-state index contributed by atoms with van der Waals surface area (Å²) in [5.74, 6) is -0.512. The number of carbonyl (C=O) groups excluding carboxylic acids is 1. The van der Waals surface area contributed by atoms with Crippen LogP contribution in [-0.2, 0) is 0 Å². The average molecular weight is 347 g/mol. The molecule has 0 saturated carbocycles. The fourth-order valence-electron chi connectivity index (χ4n) is 1.57. The van der Waals surface area contributed by atoms with E-state index in [9.17, 15) is 14.9 Å². The number of hydrogen-bond acceptors (Lipinski definition) is 5. The van der Waals surface area contributed by atoms with Crippen molar-refractivity contribution in [2.75, 3.05) is 5.32 Å². The number of nitro groups is 1. The second kappa shape index (κ2) is 6.11. The van der Waals surface area contributed by atoms with Gasteiger partial charge in [-0.2, -0.15) is 5.26 Å². The van der Waals surface area contributed by atoms with Crippen LogP contribution in [0.2, 0.25) is 0 Å². The van der Waals surface area contributed by atoms with Crippen LogP contribution in [0.15, 0.2) is 41.0 Å². The Morgan fingerprint density at radius 2 is 2.14 bits per heavy atom. The van der Waals surface area contributed by atoms with Crippen molar-refractivity contribution >= 4 is 33.2 Å². The molecule has 1 aromatic heterocycles. The lowest BCUT2D eigenvalue weighted by Crippen LogP contribution is -2.14. The second-order valence-electron chi connectivity index (χ2n) is 3.90. The van der Waals surface area contributed by atoms with Crippen LogP contribution in [0.3, 0.4) is 0 Å². The number of benzene rings is 1. The van der Waals surface area contributed by atoms with Crippen molar-refractivity contribution in [1.29, 1.82) is 5.26 Å². The average Bonchev–Trinajstić information content (AvgIpc) is 2.47. The molecular formula is C13H7BrN4O3. The number of halogens is 1. The van der Waals surface area contributed by atoms with Crippen molar-refractivity contribution in [3.8, 4) is 6.07 Å². The van der Waals surface area contributed by atoms with E-state index in [1.807, 2.05) is 6.07 Å². The van der Waals surface area contributed by atoms with Crippen LogP contribution in [0.5, 0.6) is 0 Å². The monoisotopic (exact) mass is 346 g/mol. The molecule has 0 unspecified atom stereocenters. The van der Waals surface area contributed by atoms with Crippen LogP contribution in [0.4, 0.5) is 11.4 Å². The van der Waals surface area contributed by atoms with Gasteiger partial charge in [0, 0.05) is 12.1 Å². The highest BCUT2D eigenvalue weighted by molar-refractivity contribution is 9.10. The first-order valence-electron chi connectivity index (χ1n) is 5.63. The Balaban J connectivity index is 2.29. The molecule has 0 aliphatic carbocycles. The van der Waals surface area contributed by atoms with Crippen molar-refractivity contribution in [2.24, 2.45) is 0 Å².